The van der Waals surface area contributed by atoms with Gasteiger partial charge in [-0.25, -0.2) is 0 Å². The van der Waals surface area contributed by atoms with Gasteiger partial charge in [0.2, 0.25) is 0 Å². The molecule has 1 amide bonds. The van der Waals surface area contributed by atoms with Crippen LogP contribution in [0.15, 0.2) is 42.5 Å². The highest BCUT2D eigenvalue weighted by Gasteiger charge is 2.08. The van der Waals surface area contributed by atoms with E-state index in [1.54, 1.807) is 50.4 Å². The standard InChI is InChI=1S/C15H15NO3/c1-10-3-4-11(9-14(10)17)15(18)16-12-5-7-13(19-2)8-6-12/h3-9,17H,1-2H3,(H,16,18). The first-order valence-electron chi connectivity index (χ1n) is 5.85. The van der Waals surface area contributed by atoms with Crippen LogP contribution in [0, 0.1) is 6.92 Å². The summed E-state index contributed by atoms with van der Waals surface area (Å²) in [7, 11) is 1.59. The summed E-state index contributed by atoms with van der Waals surface area (Å²) >= 11 is 0. The number of ether oxygens (including phenoxy) is 1. The summed E-state index contributed by atoms with van der Waals surface area (Å²) < 4.78 is 5.04. The van der Waals surface area contributed by atoms with Gasteiger partial charge in [-0.15, -0.1) is 0 Å². The fourth-order valence-corrected chi connectivity index (χ4v) is 1.63. The number of phenols is 1. The van der Waals surface area contributed by atoms with Crippen LogP contribution in [0.1, 0.15) is 15.9 Å². The van der Waals surface area contributed by atoms with E-state index in [0.717, 1.165) is 11.3 Å². The SMILES string of the molecule is COc1ccc(NC(=O)c2ccc(C)c(O)c2)cc1. The highest BCUT2D eigenvalue weighted by Crippen LogP contribution is 2.19. The number of carbonyl (C=O) groups excluding carboxylic acids is 1. The van der Waals surface area contributed by atoms with Gasteiger partial charge in [0.05, 0.1) is 7.11 Å². The van der Waals surface area contributed by atoms with E-state index in [4.69, 9.17) is 4.74 Å². The van der Waals surface area contributed by atoms with Crippen LogP contribution in [0.5, 0.6) is 11.5 Å². The average Bonchev–Trinajstić information content (AvgIpc) is 2.42. The van der Waals surface area contributed by atoms with Crippen LogP contribution in [0.4, 0.5) is 5.69 Å². The summed E-state index contributed by atoms with van der Waals surface area (Å²) in [4.78, 5) is 12.0. The molecule has 0 aromatic heterocycles. The number of aromatic hydroxyl groups is 1. The number of amides is 1. The molecule has 0 aliphatic heterocycles. The summed E-state index contributed by atoms with van der Waals surface area (Å²) in [5.74, 6) is 0.578. The zero-order valence-corrected chi connectivity index (χ0v) is 10.8. The number of aryl methyl sites for hydroxylation is 1. The van der Waals surface area contributed by atoms with Gasteiger partial charge in [-0.05, 0) is 48.9 Å². The lowest BCUT2D eigenvalue weighted by molar-refractivity contribution is 0.102. The molecule has 2 aromatic carbocycles. The van der Waals surface area contributed by atoms with Gasteiger partial charge in [0, 0.05) is 11.3 Å². The van der Waals surface area contributed by atoms with E-state index in [1.807, 2.05) is 0 Å². The second-order valence-corrected chi connectivity index (χ2v) is 4.18. The summed E-state index contributed by atoms with van der Waals surface area (Å²) in [6.07, 6.45) is 0. The Balaban J connectivity index is 2.13. The van der Waals surface area contributed by atoms with Gasteiger partial charge in [0.25, 0.3) is 5.91 Å². The highest BCUT2D eigenvalue weighted by atomic mass is 16.5. The third kappa shape index (κ3) is 3.04. The fourth-order valence-electron chi connectivity index (χ4n) is 1.63. The highest BCUT2D eigenvalue weighted by molar-refractivity contribution is 6.04. The molecule has 4 nitrogen and oxygen atoms in total. The van der Waals surface area contributed by atoms with Crippen molar-refractivity contribution in [2.75, 3.05) is 12.4 Å². The van der Waals surface area contributed by atoms with Crippen molar-refractivity contribution in [1.82, 2.24) is 0 Å². The number of hydrogen-bond donors (Lipinski definition) is 2. The maximum absolute atomic E-state index is 12.0. The van der Waals surface area contributed by atoms with Crippen molar-refractivity contribution in [3.05, 3.63) is 53.6 Å². The van der Waals surface area contributed by atoms with Crippen molar-refractivity contribution >= 4 is 11.6 Å². The van der Waals surface area contributed by atoms with E-state index in [0.29, 0.717) is 11.3 Å². The summed E-state index contributed by atoms with van der Waals surface area (Å²) in [5.41, 5.74) is 1.82. The first-order valence-corrected chi connectivity index (χ1v) is 5.85. The number of carbonyl (C=O) groups is 1. The predicted octanol–water partition coefficient (Wildman–Crippen LogP) is 2.96. The zero-order valence-electron chi connectivity index (χ0n) is 10.8. The van der Waals surface area contributed by atoms with Crippen LogP contribution in [-0.4, -0.2) is 18.1 Å². The quantitative estimate of drug-likeness (QED) is 0.888. The molecular formula is C15H15NO3. The van der Waals surface area contributed by atoms with Crippen LogP contribution in [-0.2, 0) is 0 Å². The molecule has 0 spiro atoms. The number of anilines is 1. The molecule has 2 N–H and O–H groups in total. The van der Waals surface area contributed by atoms with Crippen LogP contribution < -0.4 is 10.1 Å². The smallest absolute Gasteiger partial charge is 0.255 e. The maximum atomic E-state index is 12.0. The minimum Gasteiger partial charge on any atom is -0.508 e. The van der Waals surface area contributed by atoms with Gasteiger partial charge in [-0.3, -0.25) is 4.79 Å². The van der Waals surface area contributed by atoms with E-state index in [9.17, 15) is 9.90 Å². The number of methoxy groups -OCH3 is 1. The number of benzene rings is 2. The van der Waals surface area contributed by atoms with Crippen molar-refractivity contribution in [1.29, 1.82) is 0 Å². The molecule has 2 aromatic rings. The number of phenolic OH excluding ortho intramolecular Hbond substituents is 1. The molecule has 0 fully saturated rings. The molecule has 0 aliphatic carbocycles. The Labute approximate surface area is 111 Å². The van der Waals surface area contributed by atoms with Gasteiger partial charge in [-0.1, -0.05) is 6.07 Å². The number of rotatable bonds is 3. The van der Waals surface area contributed by atoms with Gasteiger partial charge in [0.1, 0.15) is 11.5 Å². The van der Waals surface area contributed by atoms with Crippen molar-refractivity contribution in [3.63, 3.8) is 0 Å². The van der Waals surface area contributed by atoms with E-state index in [2.05, 4.69) is 5.32 Å². The van der Waals surface area contributed by atoms with Crippen LogP contribution in [0.3, 0.4) is 0 Å². The monoisotopic (exact) mass is 257 g/mol. The third-order valence-electron chi connectivity index (χ3n) is 2.82. The Hall–Kier alpha value is -2.49. The predicted molar refractivity (Wildman–Crippen MR) is 73.8 cm³/mol. The molecule has 0 atom stereocenters. The Morgan fingerprint density at radius 2 is 1.84 bits per heavy atom. The molecule has 0 unspecified atom stereocenters. The first kappa shape index (κ1) is 13.0. The van der Waals surface area contributed by atoms with Gasteiger partial charge in [-0.2, -0.15) is 0 Å². The Kier molecular flexibility index (Phi) is 3.71. The molecule has 0 saturated heterocycles. The molecular weight excluding hydrogens is 242 g/mol. The summed E-state index contributed by atoms with van der Waals surface area (Å²) in [6, 6.07) is 11.9. The minimum absolute atomic E-state index is 0.113. The van der Waals surface area contributed by atoms with Crippen LogP contribution in [0.2, 0.25) is 0 Å². The topological polar surface area (TPSA) is 58.6 Å². The average molecular weight is 257 g/mol. The van der Waals surface area contributed by atoms with E-state index in [1.165, 1.54) is 6.07 Å². The van der Waals surface area contributed by atoms with Crippen molar-refractivity contribution in [2.24, 2.45) is 0 Å². The minimum atomic E-state index is -0.263. The summed E-state index contributed by atoms with van der Waals surface area (Å²) in [5, 5.41) is 12.3. The molecule has 19 heavy (non-hydrogen) atoms. The van der Waals surface area contributed by atoms with E-state index >= 15 is 0 Å². The fraction of sp³-hybridized carbons (Fsp3) is 0.133. The molecule has 0 aliphatic rings. The lowest BCUT2D eigenvalue weighted by atomic mass is 10.1. The Morgan fingerprint density at radius 3 is 2.42 bits per heavy atom. The van der Waals surface area contributed by atoms with Gasteiger partial charge >= 0.3 is 0 Å². The molecule has 0 radical (unpaired) electrons. The molecule has 0 bridgehead atoms. The largest absolute Gasteiger partial charge is 0.508 e. The second-order valence-electron chi connectivity index (χ2n) is 4.18. The first-order chi connectivity index (χ1) is 9.10. The van der Waals surface area contributed by atoms with E-state index in [-0.39, 0.29) is 11.7 Å². The van der Waals surface area contributed by atoms with Gasteiger partial charge in [0.15, 0.2) is 0 Å². The molecule has 2 rings (SSSR count). The Bertz CT molecular complexity index is 591. The van der Waals surface area contributed by atoms with Crippen LogP contribution in [0.25, 0.3) is 0 Å². The lowest BCUT2D eigenvalue weighted by Crippen LogP contribution is -2.11. The normalized spacial score (nSPS) is 10.0. The molecule has 0 saturated carbocycles. The van der Waals surface area contributed by atoms with Crippen molar-refractivity contribution in [2.45, 2.75) is 6.92 Å². The van der Waals surface area contributed by atoms with E-state index < -0.39 is 0 Å². The second kappa shape index (κ2) is 5.44. The Morgan fingerprint density at radius 1 is 1.16 bits per heavy atom. The lowest BCUT2D eigenvalue weighted by Gasteiger charge is -2.07. The molecule has 0 heterocycles. The molecule has 4 heteroatoms. The van der Waals surface area contributed by atoms with Crippen molar-refractivity contribution < 1.29 is 14.6 Å². The third-order valence-corrected chi connectivity index (χ3v) is 2.82. The number of nitrogens with one attached hydrogen (secondary N) is 1. The zero-order chi connectivity index (χ0) is 13.8. The maximum Gasteiger partial charge on any atom is 0.255 e. The van der Waals surface area contributed by atoms with Crippen molar-refractivity contribution in [3.8, 4) is 11.5 Å². The molecule has 98 valence electrons. The number of hydrogen-bond acceptors (Lipinski definition) is 3. The van der Waals surface area contributed by atoms with Gasteiger partial charge < -0.3 is 15.2 Å². The van der Waals surface area contributed by atoms with Crippen LogP contribution >= 0.6 is 0 Å². The summed E-state index contributed by atoms with van der Waals surface area (Å²) in [6.45, 7) is 1.78.